The van der Waals surface area contributed by atoms with Gasteiger partial charge in [0.15, 0.2) is 17.3 Å². The van der Waals surface area contributed by atoms with E-state index in [9.17, 15) is 4.79 Å². The lowest BCUT2D eigenvalue weighted by Gasteiger charge is -2.17. The van der Waals surface area contributed by atoms with Crippen molar-refractivity contribution in [3.63, 3.8) is 0 Å². The highest BCUT2D eigenvalue weighted by atomic mass is 16.5. The van der Waals surface area contributed by atoms with Crippen LogP contribution in [-0.4, -0.2) is 30.3 Å². The van der Waals surface area contributed by atoms with Gasteiger partial charge in [0.05, 0.1) is 0 Å². The first-order chi connectivity index (χ1) is 12.7. The molecule has 0 bridgehead atoms. The number of hydrogen-bond donors (Lipinski definition) is 0. The number of hydrogen-bond acceptors (Lipinski definition) is 4. The van der Waals surface area contributed by atoms with E-state index in [1.54, 1.807) is 12.1 Å². The van der Waals surface area contributed by atoms with Crippen LogP contribution in [0.1, 0.15) is 40.2 Å². The van der Waals surface area contributed by atoms with Crippen LogP contribution in [-0.2, 0) is 0 Å². The molecule has 4 rings (SSSR count). The molecule has 26 heavy (non-hydrogen) atoms. The average Bonchev–Trinajstić information content (AvgIpc) is 3.15. The number of likely N-dealkylation sites (tertiary alicyclic amines) is 1. The van der Waals surface area contributed by atoms with Crippen molar-refractivity contribution in [1.29, 1.82) is 0 Å². The number of ether oxygens (including phenoxy) is 2. The van der Waals surface area contributed by atoms with Gasteiger partial charge < -0.3 is 14.4 Å². The lowest BCUT2D eigenvalue weighted by molar-refractivity contribution is 0.0968. The van der Waals surface area contributed by atoms with Crippen molar-refractivity contribution in [2.45, 2.75) is 25.7 Å². The van der Waals surface area contributed by atoms with Gasteiger partial charge >= 0.3 is 0 Å². The Bertz CT molecular complexity index is 843. The van der Waals surface area contributed by atoms with Crippen molar-refractivity contribution in [2.75, 3.05) is 19.6 Å². The summed E-state index contributed by atoms with van der Waals surface area (Å²) in [6, 6.07) is 14.0. The predicted octanol–water partition coefficient (Wildman–Crippen LogP) is 4.30. The molecule has 0 spiro atoms. The number of fused-ring (bicyclic) bond motifs is 1. The molecule has 0 aliphatic carbocycles. The molecule has 4 nitrogen and oxygen atoms in total. The first kappa shape index (κ1) is 16.9. The number of ketones is 1. The molecule has 2 aliphatic heterocycles. The molecule has 0 aromatic heterocycles. The quantitative estimate of drug-likeness (QED) is 0.755. The Labute approximate surface area is 154 Å². The Morgan fingerprint density at radius 3 is 2.77 bits per heavy atom. The zero-order valence-electron chi connectivity index (χ0n) is 15.0. The number of rotatable bonds is 5. The summed E-state index contributed by atoms with van der Waals surface area (Å²) in [4.78, 5) is 15.0. The molecule has 134 valence electrons. The van der Waals surface area contributed by atoms with Gasteiger partial charge in [-0.15, -0.1) is 0 Å². The molecule has 0 saturated carbocycles. The molecule has 1 atom stereocenters. The second kappa shape index (κ2) is 7.34. The van der Waals surface area contributed by atoms with Gasteiger partial charge in [-0.25, -0.2) is 0 Å². The maximum Gasteiger partial charge on any atom is 0.169 e. The molecule has 2 aliphatic rings. The fourth-order valence-corrected chi connectivity index (χ4v) is 3.81. The first-order valence-electron chi connectivity index (χ1n) is 9.14. The van der Waals surface area contributed by atoms with Gasteiger partial charge in [0.1, 0.15) is 12.5 Å². The molecule has 0 N–H and O–H groups in total. The minimum absolute atomic E-state index is 0.144. The van der Waals surface area contributed by atoms with Crippen LogP contribution in [0.3, 0.4) is 0 Å². The van der Waals surface area contributed by atoms with Crippen LogP contribution < -0.4 is 9.47 Å². The molecule has 4 heteroatoms. The van der Waals surface area contributed by atoms with E-state index >= 15 is 0 Å². The van der Waals surface area contributed by atoms with Crippen LogP contribution in [0.5, 0.6) is 11.5 Å². The highest BCUT2D eigenvalue weighted by Gasteiger charge is 2.25. The van der Waals surface area contributed by atoms with E-state index in [1.165, 1.54) is 23.7 Å². The second-order valence-electron chi connectivity index (χ2n) is 6.99. The summed E-state index contributed by atoms with van der Waals surface area (Å²) in [5.41, 5.74) is 3.49. The molecule has 1 saturated heterocycles. The van der Waals surface area contributed by atoms with Gasteiger partial charge in [0.2, 0.25) is 0 Å². The van der Waals surface area contributed by atoms with Crippen molar-refractivity contribution in [3.8, 4) is 11.5 Å². The molecule has 2 heterocycles. The van der Waals surface area contributed by atoms with E-state index in [0.29, 0.717) is 29.4 Å². The molecule has 0 amide bonds. The number of Topliss-reactive ketones (excluding diaryl/α,β-unsaturated/α-hetero) is 1. The Morgan fingerprint density at radius 1 is 1.12 bits per heavy atom. The average molecular weight is 349 g/mol. The van der Waals surface area contributed by atoms with E-state index in [2.05, 4.69) is 36.1 Å². The molecular weight excluding hydrogens is 326 g/mol. The van der Waals surface area contributed by atoms with Crippen molar-refractivity contribution < 1.29 is 14.3 Å². The zero-order valence-corrected chi connectivity index (χ0v) is 15.0. The van der Waals surface area contributed by atoms with E-state index < -0.39 is 0 Å². The van der Waals surface area contributed by atoms with Gasteiger partial charge in [-0.05, 0) is 55.1 Å². The Hall–Kier alpha value is -2.59. The van der Waals surface area contributed by atoms with Gasteiger partial charge in [-0.1, -0.05) is 24.3 Å². The highest BCUT2D eigenvalue weighted by molar-refractivity contribution is 5.96. The summed E-state index contributed by atoms with van der Waals surface area (Å²) < 4.78 is 10.7. The minimum Gasteiger partial charge on any atom is -0.458 e. The van der Waals surface area contributed by atoms with Crippen molar-refractivity contribution in [2.24, 2.45) is 0 Å². The van der Waals surface area contributed by atoms with Gasteiger partial charge in [0.25, 0.3) is 0 Å². The fourth-order valence-electron chi connectivity index (χ4n) is 3.81. The number of carbonyl (C=O) groups excluding carboxylic acids is 1. The predicted molar refractivity (Wildman–Crippen MR) is 101 cm³/mol. The van der Waals surface area contributed by atoms with E-state index in [1.807, 2.05) is 6.07 Å². The molecule has 1 unspecified atom stereocenters. The standard InChI is InChI=1S/C22H23NO3/c1-16-4-2-3-5-19(16)18-8-10-23(15-18)11-9-20(24)17-6-7-21-22(14-17)26-13-12-25-21/h2-7,12-14,18H,8-11,15H2,1H3. The Kier molecular flexibility index (Phi) is 4.76. The maximum atomic E-state index is 12.6. The smallest absolute Gasteiger partial charge is 0.169 e. The monoisotopic (exact) mass is 349 g/mol. The molecular formula is C22H23NO3. The van der Waals surface area contributed by atoms with Crippen molar-refractivity contribution in [1.82, 2.24) is 4.90 Å². The topological polar surface area (TPSA) is 38.8 Å². The second-order valence-corrected chi connectivity index (χ2v) is 6.99. The van der Waals surface area contributed by atoms with Gasteiger partial charge in [0, 0.05) is 25.1 Å². The summed E-state index contributed by atoms with van der Waals surface area (Å²) in [5.74, 6) is 1.96. The Morgan fingerprint density at radius 2 is 1.92 bits per heavy atom. The zero-order chi connectivity index (χ0) is 17.9. The SMILES string of the molecule is Cc1ccccc1C1CCN(CCC(=O)c2ccc3c(c2)OC=CO3)C1. The van der Waals surface area contributed by atoms with Crippen LogP contribution in [0.15, 0.2) is 55.0 Å². The lowest BCUT2D eigenvalue weighted by atomic mass is 9.94. The fraction of sp³-hybridized carbons (Fsp3) is 0.318. The van der Waals surface area contributed by atoms with Crippen LogP contribution in [0, 0.1) is 6.92 Å². The lowest BCUT2D eigenvalue weighted by Crippen LogP contribution is -2.23. The third kappa shape index (κ3) is 3.51. The summed E-state index contributed by atoms with van der Waals surface area (Å²) in [7, 11) is 0. The summed E-state index contributed by atoms with van der Waals surface area (Å²) >= 11 is 0. The van der Waals surface area contributed by atoms with Crippen LogP contribution in [0.25, 0.3) is 0 Å². The van der Waals surface area contributed by atoms with E-state index in [-0.39, 0.29) is 5.78 Å². The third-order valence-electron chi connectivity index (χ3n) is 5.27. The number of nitrogens with zero attached hydrogens (tertiary/aromatic N) is 1. The summed E-state index contributed by atoms with van der Waals surface area (Å²) in [6.45, 7) is 5.07. The number of aryl methyl sites for hydroxylation is 1. The van der Waals surface area contributed by atoms with E-state index in [0.717, 1.165) is 26.1 Å². The molecule has 2 aromatic rings. The largest absolute Gasteiger partial charge is 0.458 e. The van der Waals surface area contributed by atoms with Crippen molar-refractivity contribution in [3.05, 3.63) is 71.7 Å². The van der Waals surface area contributed by atoms with Crippen LogP contribution in [0.2, 0.25) is 0 Å². The summed E-state index contributed by atoms with van der Waals surface area (Å²) in [6.07, 6.45) is 4.65. The van der Waals surface area contributed by atoms with Gasteiger partial charge in [-0.3, -0.25) is 4.79 Å². The van der Waals surface area contributed by atoms with Crippen molar-refractivity contribution >= 4 is 5.78 Å². The number of benzene rings is 2. The molecule has 0 radical (unpaired) electrons. The molecule has 2 aromatic carbocycles. The van der Waals surface area contributed by atoms with Crippen LogP contribution in [0.4, 0.5) is 0 Å². The normalized spacial score (nSPS) is 18.9. The maximum absolute atomic E-state index is 12.6. The van der Waals surface area contributed by atoms with Gasteiger partial charge in [-0.2, -0.15) is 0 Å². The van der Waals surface area contributed by atoms with E-state index in [4.69, 9.17) is 9.47 Å². The number of carbonyl (C=O) groups is 1. The summed E-state index contributed by atoms with van der Waals surface area (Å²) in [5, 5.41) is 0. The molecule has 1 fully saturated rings. The minimum atomic E-state index is 0.144. The van der Waals surface area contributed by atoms with Crippen LogP contribution >= 0.6 is 0 Å². The first-order valence-corrected chi connectivity index (χ1v) is 9.14. The highest BCUT2D eigenvalue weighted by Crippen LogP contribution is 2.32. The third-order valence-corrected chi connectivity index (χ3v) is 5.27. The Balaban J connectivity index is 1.34.